The number of ether oxygens (including phenoxy) is 1. The number of aromatic amines is 1. The van der Waals surface area contributed by atoms with Gasteiger partial charge in [0.1, 0.15) is 6.33 Å². The average Bonchev–Trinajstić information content (AvgIpc) is 3.29. The topological polar surface area (TPSA) is 123 Å². The van der Waals surface area contributed by atoms with Gasteiger partial charge in [0.15, 0.2) is 27.8 Å². The molecule has 0 bridgehead atoms. The van der Waals surface area contributed by atoms with Crippen molar-refractivity contribution in [2.75, 3.05) is 5.32 Å². The first kappa shape index (κ1) is 17.2. The molecule has 0 saturated heterocycles. The zero-order chi connectivity index (χ0) is 18.0. The van der Waals surface area contributed by atoms with Crippen molar-refractivity contribution in [3.63, 3.8) is 0 Å². The molecule has 1 amide bonds. The van der Waals surface area contributed by atoms with Gasteiger partial charge in [-0.3, -0.25) is 15.2 Å². The van der Waals surface area contributed by atoms with Crippen molar-refractivity contribution in [3.05, 3.63) is 28.0 Å². The second-order valence-corrected chi connectivity index (χ2v) is 7.13. The second-order valence-electron chi connectivity index (χ2n) is 5.07. The summed E-state index contributed by atoms with van der Waals surface area (Å²) in [5.74, 6) is -0.673. The van der Waals surface area contributed by atoms with Crippen molar-refractivity contribution in [3.8, 4) is 10.8 Å². The van der Waals surface area contributed by atoms with Crippen LogP contribution in [0.3, 0.4) is 0 Å². The molecule has 11 heteroatoms. The van der Waals surface area contributed by atoms with Gasteiger partial charge in [-0.25, -0.2) is 19.7 Å². The van der Waals surface area contributed by atoms with E-state index in [1.165, 1.54) is 35.9 Å². The number of carbonyl (C=O) groups is 2. The highest BCUT2D eigenvalue weighted by molar-refractivity contribution is 7.15. The van der Waals surface area contributed by atoms with E-state index in [4.69, 9.17) is 4.74 Å². The molecule has 3 rings (SSSR count). The van der Waals surface area contributed by atoms with Gasteiger partial charge < -0.3 is 4.74 Å². The molecule has 1 atom stereocenters. The fourth-order valence-electron chi connectivity index (χ4n) is 1.79. The van der Waals surface area contributed by atoms with Gasteiger partial charge in [0, 0.05) is 10.3 Å². The van der Waals surface area contributed by atoms with Gasteiger partial charge in [-0.2, -0.15) is 5.10 Å². The normalized spacial score (nSPS) is 12.0. The third-order valence-corrected chi connectivity index (χ3v) is 5.08. The van der Waals surface area contributed by atoms with Crippen molar-refractivity contribution in [1.29, 1.82) is 0 Å². The van der Waals surface area contributed by atoms with Crippen molar-refractivity contribution < 1.29 is 14.3 Å². The number of hydrogen-bond acceptors (Lipinski definition) is 9. The number of esters is 1. The molecule has 0 aliphatic heterocycles. The molecular formula is C14H14N6O3S2. The van der Waals surface area contributed by atoms with Crippen LogP contribution in [-0.4, -0.2) is 43.1 Å². The van der Waals surface area contributed by atoms with E-state index < -0.39 is 18.0 Å². The van der Waals surface area contributed by atoms with Gasteiger partial charge >= 0.3 is 5.97 Å². The maximum atomic E-state index is 12.1. The van der Waals surface area contributed by atoms with E-state index in [1.807, 2.05) is 13.8 Å². The standard InChI is InChI=1S/C14H14N6O3S2/c1-6-8(3)25-14(17-6)19-11(21)7(2)23-13(22)9-4-24-12(18-9)10-15-5-16-20-10/h4-5,7H,1-3H3,(H,15,16,20)(H,17,19,21). The third-order valence-electron chi connectivity index (χ3n) is 3.24. The minimum absolute atomic E-state index is 0.108. The monoisotopic (exact) mass is 378 g/mol. The predicted octanol–water partition coefficient (Wildman–Crippen LogP) is 2.19. The Balaban J connectivity index is 1.61. The summed E-state index contributed by atoms with van der Waals surface area (Å²) in [5, 5.41) is 11.6. The number of aromatic nitrogens is 5. The predicted molar refractivity (Wildman–Crippen MR) is 92.6 cm³/mol. The lowest BCUT2D eigenvalue weighted by Gasteiger charge is -2.11. The summed E-state index contributed by atoms with van der Waals surface area (Å²) in [4.78, 5) is 37.6. The zero-order valence-electron chi connectivity index (χ0n) is 13.6. The Morgan fingerprint density at radius 3 is 2.76 bits per heavy atom. The first-order chi connectivity index (χ1) is 11.9. The summed E-state index contributed by atoms with van der Waals surface area (Å²) in [6.45, 7) is 5.27. The second kappa shape index (κ2) is 7.07. The van der Waals surface area contributed by atoms with Crippen LogP contribution in [-0.2, 0) is 9.53 Å². The molecule has 3 aromatic heterocycles. The first-order valence-electron chi connectivity index (χ1n) is 7.21. The van der Waals surface area contributed by atoms with E-state index in [0.717, 1.165) is 10.6 Å². The van der Waals surface area contributed by atoms with E-state index in [-0.39, 0.29) is 5.69 Å². The summed E-state index contributed by atoms with van der Waals surface area (Å²) >= 11 is 2.59. The Kier molecular flexibility index (Phi) is 4.86. The highest BCUT2D eigenvalue weighted by Gasteiger charge is 2.22. The summed E-state index contributed by atoms with van der Waals surface area (Å²) < 4.78 is 5.16. The van der Waals surface area contributed by atoms with Crippen molar-refractivity contribution in [2.24, 2.45) is 0 Å². The molecular weight excluding hydrogens is 364 g/mol. The van der Waals surface area contributed by atoms with E-state index in [9.17, 15) is 9.59 Å². The van der Waals surface area contributed by atoms with Crippen LogP contribution in [0.5, 0.6) is 0 Å². The fraction of sp³-hybridized carbons (Fsp3) is 0.286. The van der Waals surface area contributed by atoms with E-state index in [1.54, 1.807) is 5.38 Å². The van der Waals surface area contributed by atoms with Crippen LogP contribution in [0.2, 0.25) is 0 Å². The average molecular weight is 378 g/mol. The number of nitrogens with zero attached hydrogens (tertiary/aromatic N) is 4. The lowest BCUT2D eigenvalue weighted by Crippen LogP contribution is -2.30. The molecule has 0 radical (unpaired) electrons. The smallest absolute Gasteiger partial charge is 0.358 e. The fourth-order valence-corrected chi connectivity index (χ4v) is 3.34. The lowest BCUT2D eigenvalue weighted by molar-refractivity contribution is -0.123. The largest absolute Gasteiger partial charge is 0.448 e. The molecule has 0 saturated carbocycles. The summed E-state index contributed by atoms with van der Waals surface area (Å²) in [6.07, 6.45) is 0.371. The molecule has 9 nitrogen and oxygen atoms in total. The number of amides is 1. The van der Waals surface area contributed by atoms with Crippen LogP contribution in [0, 0.1) is 13.8 Å². The Labute approximate surface area is 150 Å². The number of hydrogen-bond donors (Lipinski definition) is 2. The first-order valence-corrected chi connectivity index (χ1v) is 8.91. The summed E-state index contributed by atoms with van der Waals surface area (Å²) in [6, 6.07) is 0. The zero-order valence-corrected chi connectivity index (χ0v) is 15.2. The molecule has 0 aromatic carbocycles. The Hall–Kier alpha value is -2.66. The summed E-state index contributed by atoms with van der Waals surface area (Å²) in [7, 11) is 0. The number of H-pyrrole nitrogens is 1. The molecule has 2 N–H and O–H groups in total. The minimum atomic E-state index is -0.979. The van der Waals surface area contributed by atoms with E-state index in [2.05, 4.69) is 30.5 Å². The van der Waals surface area contributed by atoms with Gasteiger partial charge in [-0.1, -0.05) is 0 Å². The third kappa shape index (κ3) is 3.88. The maximum Gasteiger partial charge on any atom is 0.358 e. The number of nitrogens with one attached hydrogen (secondary N) is 2. The minimum Gasteiger partial charge on any atom is -0.448 e. The highest BCUT2D eigenvalue weighted by Crippen LogP contribution is 2.22. The van der Waals surface area contributed by atoms with Crippen LogP contribution in [0.25, 0.3) is 10.8 Å². The van der Waals surface area contributed by atoms with Crippen molar-refractivity contribution in [2.45, 2.75) is 26.9 Å². The number of thiazole rings is 2. The maximum absolute atomic E-state index is 12.1. The molecule has 0 spiro atoms. The molecule has 3 heterocycles. The van der Waals surface area contributed by atoms with Gasteiger partial charge in [0.25, 0.3) is 5.91 Å². The quantitative estimate of drug-likeness (QED) is 0.652. The molecule has 130 valence electrons. The van der Waals surface area contributed by atoms with Gasteiger partial charge in [-0.15, -0.1) is 22.7 Å². The van der Waals surface area contributed by atoms with E-state index >= 15 is 0 Å². The number of rotatable bonds is 5. The van der Waals surface area contributed by atoms with Crippen LogP contribution in [0.1, 0.15) is 28.0 Å². The number of carbonyl (C=O) groups excluding carboxylic acids is 2. The lowest BCUT2D eigenvalue weighted by atomic mass is 10.3. The number of anilines is 1. The molecule has 25 heavy (non-hydrogen) atoms. The SMILES string of the molecule is Cc1nc(NC(=O)C(C)OC(=O)c2csc(-c3ncn[nH]3)n2)sc1C. The van der Waals surface area contributed by atoms with Crippen LogP contribution in [0.4, 0.5) is 5.13 Å². The number of aryl methyl sites for hydroxylation is 2. The van der Waals surface area contributed by atoms with E-state index in [0.29, 0.717) is 16.0 Å². The van der Waals surface area contributed by atoms with Crippen molar-refractivity contribution in [1.82, 2.24) is 25.1 Å². The van der Waals surface area contributed by atoms with Crippen molar-refractivity contribution >= 4 is 39.7 Å². The Morgan fingerprint density at radius 2 is 2.12 bits per heavy atom. The van der Waals surface area contributed by atoms with Gasteiger partial charge in [0.2, 0.25) is 0 Å². The van der Waals surface area contributed by atoms with Crippen LogP contribution in [0.15, 0.2) is 11.7 Å². The van der Waals surface area contributed by atoms with Gasteiger partial charge in [0.05, 0.1) is 5.69 Å². The molecule has 0 fully saturated rings. The molecule has 3 aromatic rings. The van der Waals surface area contributed by atoms with Crippen LogP contribution >= 0.6 is 22.7 Å². The summed E-state index contributed by atoms with van der Waals surface area (Å²) in [5.41, 5.74) is 0.962. The van der Waals surface area contributed by atoms with Gasteiger partial charge in [-0.05, 0) is 20.8 Å². The molecule has 0 aliphatic carbocycles. The molecule has 0 aliphatic rings. The van der Waals surface area contributed by atoms with Crippen LogP contribution < -0.4 is 5.32 Å². The molecule has 1 unspecified atom stereocenters. The Morgan fingerprint density at radius 1 is 1.32 bits per heavy atom. The highest BCUT2D eigenvalue weighted by atomic mass is 32.1. The Bertz CT molecular complexity index is 882.